The van der Waals surface area contributed by atoms with Crippen LogP contribution in [0.1, 0.15) is 18.4 Å². The maximum atomic E-state index is 12.5. The van der Waals surface area contributed by atoms with E-state index in [0.29, 0.717) is 31.5 Å². The molecule has 3 rings (SSSR count). The average molecular weight is 468 g/mol. The van der Waals surface area contributed by atoms with Gasteiger partial charge in [0.25, 0.3) is 0 Å². The summed E-state index contributed by atoms with van der Waals surface area (Å²) in [6, 6.07) is 12.5. The first-order chi connectivity index (χ1) is 13.9. The first-order valence-corrected chi connectivity index (χ1v) is 9.71. The Hall–Kier alpha value is -2.52. The molecule has 0 saturated carbocycles. The minimum atomic E-state index is -2.90. The molecule has 1 heterocycles. The molecule has 3 aromatic rings. The van der Waals surface area contributed by atoms with Crippen molar-refractivity contribution in [3.05, 3.63) is 58.4 Å². The Morgan fingerprint density at radius 2 is 1.93 bits per heavy atom. The summed E-state index contributed by atoms with van der Waals surface area (Å²) in [4.78, 5) is 1.97. The molecule has 0 radical (unpaired) electrons. The fourth-order valence-corrected chi connectivity index (χ4v) is 3.17. The smallest absolute Gasteiger partial charge is 0.387 e. The van der Waals surface area contributed by atoms with Gasteiger partial charge in [0.2, 0.25) is 11.8 Å². The lowest BCUT2D eigenvalue weighted by Crippen LogP contribution is -2.17. The molecule has 1 aromatic heterocycles. The van der Waals surface area contributed by atoms with Crippen molar-refractivity contribution in [3.63, 3.8) is 0 Å². The van der Waals surface area contributed by atoms with Gasteiger partial charge in [-0.1, -0.05) is 28.1 Å². The Kier molecular flexibility index (Phi) is 7.16. The number of rotatable bonds is 9. The summed E-state index contributed by atoms with van der Waals surface area (Å²) >= 11 is 3.42. The van der Waals surface area contributed by atoms with Gasteiger partial charge in [0, 0.05) is 16.6 Å². The summed E-state index contributed by atoms with van der Waals surface area (Å²) in [5, 5.41) is 8.19. The summed E-state index contributed by atoms with van der Waals surface area (Å²) in [6.07, 6.45) is 0. The molecule has 0 atom stereocenters. The first-order valence-electron chi connectivity index (χ1n) is 8.92. The van der Waals surface area contributed by atoms with Crippen LogP contribution in [0.25, 0.3) is 11.5 Å². The monoisotopic (exact) mass is 467 g/mol. The molecule has 9 heteroatoms. The normalized spacial score (nSPS) is 11.3. The molecule has 0 fully saturated rings. The number of benzene rings is 2. The van der Waals surface area contributed by atoms with Crippen LogP contribution in [0.3, 0.4) is 0 Å². The van der Waals surface area contributed by atoms with Crippen molar-refractivity contribution in [3.8, 4) is 23.0 Å². The number of ether oxygens (including phenoxy) is 2. The second-order valence-corrected chi connectivity index (χ2v) is 7.19. The van der Waals surface area contributed by atoms with Crippen LogP contribution in [-0.4, -0.2) is 35.4 Å². The summed E-state index contributed by atoms with van der Waals surface area (Å²) in [6.45, 7) is 0.187. The van der Waals surface area contributed by atoms with Crippen molar-refractivity contribution in [2.24, 2.45) is 0 Å². The molecule has 29 heavy (non-hydrogen) atoms. The van der Waals surface area contributed by atoms with Crippen molar-refractivity contribution in [1.29, 1.82) is 0 Å². The number of nitrogens with zero attached hydrogens (tertiary/aromatic N) is 3. The molecule has 0 aliphatic carbocycles. The Bertz CT molecular complexity index is 952. The maximum absolute atomic E-state index is 12.5. The van der Waals surface area contributed by atoms with Gasteiger partial charge in [-0.2, -0.15) is 8.78 Å². The van der Waals surface area contributed by atoms with Crippen LogP contribution >= 0.6 is 15.9 Å². The van der Waals surface area contributed by atoms with Crippen molar-refractivity contribution in [2.45, 2.75) is 26.6 Å². The highest BCUT2D eigenvalue weighted by Gasteiger charge is 2.14. The number of aromatic nitrogens is 2. The zero-order valence-corrected chi connectivity index (χ0v) is 17.5. The average Bonchev–Trinajstić information content (AvgIpc) is 3.12. The van der Waals surface area contributed by atoms with E-state index in [2.05, 4.69) is 30.9 Å². The molecular formula is C20H20BrF2N3O3. The van der Waals surface area contributed by atoms with Gasteiger partial charge in [0.15, 0.2) is 11.5 Å². The fourth-order valence-electron chi connectivity index (χ4n) is 2.77. The predicted octanol–water partition coefficient (Wildman–Crippen LogP) is 5.13. The predicted molar refractivity (Wildman–Crippen MR) is 107 cm³/mol. The molecule has 0 saturated heterocycles. The Morgan fingerprint density at radius 1 is 1.10 bits per heavy atom. The van der Waals surface area contributed by atoms with Crippen LogP contribution in [0.5, 0.6) is 11.5 Å². The van der Waals surface area contributed by atoms with Crippen LogP contribution < -0.4 is 9.47 Å². The van der Waals surface area contributed by atoms with E-state index in [1.54, 1.807) is 19.1 Å². The molecular weight excluding hydrogens is 448 g/mol. The molecule has 0 unspecified atom stereocenters. The van der Waals surface area contributed by atoms with E-state index in [1.807, 2.05) is 36.2 Å². The van der Waals surface area contributed by atoms with E-state index in [1.165, 1.54) is 6.07 Å². The van der Waals surface area contributed by atoms with Crippen LogP contribution in [0.15, 0.2) is 51.4 Å². The summed E-state index contributed by atoms with van der Waals surface area (Å²) < 4.78 is 41.6. The lowest BCUT2D eigenvalue weighted by atomic mass is 10.2. The van der Waals surface area contributed by atoms with E-state index in [-0.39, 0.29) is 11.5 Å². The molecule has 6 nitrogen and oxygen atoms in total. The SMILES string of the molecule is CCOc1cc(CN(C)Cc2nnc(-c3cccc(Br)c3)o2)ccc1OC(F)F. The third-order valence-corrected chi connectivity index (χ3v) is 4.41. The van der Waals surface area contributed by atoms with Gasteiger partial charge in [0.05, 0.1) is 13.2 Å². The minimum absolute atomic E-state index is 0.0174. The van der Waals surface area contributed by atoms with Crippen LogP contribution in [0.4, 0.5) is 8.78 Å². The largest absolute Gasteiger partial charge is 0.490 e. The lowest BCUT2D eigenvalue weighted by molar-refractivity contribution is -0.0514. The van der Waals surface area contributed by atoms with Crippen molar-refractivity contribution >= 4 is 15.9 Å². The zero-order chi connectivity index (χ0) is 20.8. The third kappa shape index (κ3) is 5.98. The first kappa shape index (κ1) is 21.2. The van der Waals surface area contributed by atoms with E-state index >= 15 is 0 Å². The topological polar surface area (TPSA) is 60.6 Å². The molecule has 154 valence electrons. The van der Waals surface area contributed by atoms with E-state index in [9.17, 15) is 8.78 Å². The number of hydrogen-bond acceptors (Lipinski definition) is 6. The highest BCUT2D eigenvalue weighted by molar-refractivity contribution is 9.10. The maximum Gasteiger partial charge on any atom is 0.387 e. The zero-order valence-electron chi connectivity index (χ0n) is 15.9. The summed E-state index contributed by atoms with van der Waals surface area (Å²) in [5.74, 6) is 1.23. The van der Waals surface area contributed by atoms with Crippen molar-refractivity contribution < 1.29 is 22.7 Å². The fraction of sp³-hybridized carbons (Fsp3) is 0.300. The minimum Gasteiger partial charge on any atom is -0.490 e. The van der Waals surface area contributed by atoms with E-state index in [4.69, 9.17) is 9.15 Å². The van der Waals surface area contributed by atoms with Crippen LogP contribution in [0.2, 0.25) is 0 Å². The number of hydrogen-bond donors (Lipinski definition) is 0. The van der Waals surface area contributed by atoms with Gasteiger partial charge in [-0.15, -0.1) is 10.2 Å². The molecule has 0 aliphatic heterocycles. The van der Waals surface area contributed by atoms with Gasteiger partial charge >= 0.3 is 6.61 Å². The van der Waals surface area contributed by atoms with Gasteiger partial charge < -0.3 is 13.9 Å². The molecule has 0 amide bonds. The van der Waals surface area contributed by atoms with E-state index in [0.717, 1.165) is 15.6 Å². The molecule has 0 N–H and O–H groups in total. The van der Waals surface area contributed by atoms with Crippen LogP contribution in [-0.2, 0) is 13.1 Å². The Labute approximate surface area is 175 Å². The summed E-state index contributed by atoms with van der Waals surface area (Å²) in [5.41, 5.74) is 1.71. The van der Waals surface area contributed by atoms with Gasteiger partial charge in [-0.25, -0.2) is 0 Å². The number of halogens is 3. The van der Waals surface area contributed by atoms with Gasteiger partial charge in [0.1, 0.15) is 0 Å². The highest BCUT2D eigenvalue weighted by Crippen LogP contribution is 2.30. The Morgan fingerprint density at radius 3 is 2.66 bits per heavy atom. The second-order valence-electron chi connectivity index (χ2n) is 6.28. The molecule has 0 aliphatic rings. The lowest BCUT2D eigenvalue weighted by Gasteiger charge is -2.17. The van der Waals surface area contributed by atoms with E-state index < -0.39 is 6.61 Å². The Balaban J connectivity index is 1.66. The molecule has 2 aromatic carbocycles. The summed E-state index contributed by atoms with van der Waals surface area (Å²) in [7, 11) is 1.90. The molecule has 0 bridgehead atoms. The highest BCUT2D eigenvalue weighted by atomic mass is 79.9. The van der Waals surface area contributed by atoms with Gasteiger partial charge in [-0.3, -0.25) is 4.90 Å². The van der Waals surface area contributed by atoms with Gasteiger partial charge in [-0.05, 0) is 49.9 Å². The number of alkyl halides is 2. The van der Waals surface area contributed by atoms with Crippen molar-refractivity contribution in [2.75, 3.05) is 13.7 Å². The van der Waals surface area contributed by atoms with Crippen LogP contribution in [0, 0.1) is 0 Å². The molecule has 0 spiro atoms. The second kappa shape index (κ2) is 9.80. The van der Waals surface area contributed by atoms with Crippen molar-refractivity contribution in [1.82, 2.24) is 15.1 Å². The third-order valence-electron chi connectivity index (χ3n) is 3.92. The quantitative estimate of drug-likeness (QED) is 0.434. The standard InChI is InChI=1S/C20H20BrF2N3O3/c1-3-27-17-9-13(7-8-16(17)28-20(22)23)11-26(2)12-18-24-25-19(29-18)14-5-4-6-15(21)10-14/h4-10,20H,3,11-12H2,1-2H3.